The second-order valence-electron chi connectivity index (χ2n) is 3.13. The summed E-state index contributed by atoms with van der Waals surface area (Å²) in [7, 11) is 1.56. The third kappa shape index (κ3) is 4.47. The van der Waals surface area contributed by atoms with Crippen molar-refractivity contribution in [2.45, 2.75) is 0 Å². The van der Waals surface area contributed by atoms with E-state index < -0.39 is 4.92 Å². The van der Waals surface area contributed by atoms with Crippen LogP contribution in [0.4, 0.5) is 11.6 Å². The maximum atomic E-state index is 10.7. The molecule has 9 nitrogen and oxygen atoms in total. The van der Waals surface area contributed by atoms with Gasteiger partial charge in [0.15, 0.2) is 0 Å². The van der Waals surface area contributed by atoms with Crippen LogP contribution in [0, 0.1) is 10.1 Å². The van der Waals surface area contributed by atoms with Crippen LogP contribution in [0.15, 0.2) is 6.20 Å². The van der Waals surface area contributed by atoms with E-state index in [9.17, 15) is 10.1 Å². The third-order valence-corrected chi connectivity index (χ3v) is 1.85. The molecule has 0 saturated carbocycles. The molecule has 1 heterocycles. The Morgan fingerprint density at radius 2 is 2.11 bits per heavy atom. The number of aromatic nitrogens is 2. The number of hydrogen-bond acceptors (Lipinski definition) is 8. The predicted molar refractivity (Wildman–Crippen MR) is 61.3 cm³/mol. The van der Waals surface area contributed by atoms with Crippen LogP contribution in [0.3, 0.4) is 0 Å². The third-order valence-electron chi connectivity index (χ3n) is 1.85. The van der Waals surface area contributed by atoms with Gasteiger partial charge in [-0.1, -0.05) is 0 Å². The average molecular weight is 258 g/mol. The topological polar surface area (TPSA) is 123 Å². The molecule has 0 bridgehead atoms. The first kappa shape index (κ1) is 14.1. The van der Waals surface area contributed by atoms with Gasteiger partial charge in [-0.25, -0.2) is 4.98 Å². The van der Waals surface area contributed by atoms with E-state index in [-0.39, 0.29) is 30.7 Å². The highest BCUT2D eigenvalue weighted by atomic mass is 16.6. The summed E-state index contributed by atoms with van der Waals surface area (Å²) in [6.07, 6.45) is 1.00. The van der Waals surface area contributed by atoms with E-state index in [0.717, 1.165) is 6.20 Å². The van der Waals surface area contributed by atoms with E-state index in [2.05, 4.69) is 9.97 Å². The molecule has 1 rings (SSSR count). The minimum atomic E-state index is -0.638. The summed E-state index contributed by atoms with van der Waals surface area (Å²) < 4.78 is 15.0. The molecular weight excluding hydrogens is 244 g/mol. The van der Waals surface area contributed by atoms with Gasteiger partial charge in [-0.3, -0.25) is 10.1 Å². The van der Waals surface area contributed by atoms with Gasteiger partial charge in [0.1, 0.15) is 12.8 Å². The normalized spacial score (nSPS) is 10.3. The van der Waals surface area contributed by atoms with E-state index in [4.69, 9.17) is 19.9 Å². The molecule has 9 heteroatoms. The molecule has 100 valence electrons. The van der Waals surface area contributed by atoms with E-state index in [1.165, 1.54) is 0 Å². The summed E-state index contributed by atoms with van der Waals surface area (Å²) in [4.78, 5) is 17.2. The molecule has 1 aromatic heterocycles. The summed E-state index contributed by atoms with van der Waals surface area (Å²) in [5.41, 5.74) is 4.99. The first-order chi connectivity index (χ1) is 8.65. The molecule has 0 aliphatic heterocycles. The fourth-order valence-corrected chi connectivity index (χ4v) is 1.05. The van der Waals surface area contributed by atoms with Gasteiger partial charge in [-0.2, -0.15) is 4.98 Å². The van der Waals surface area contributed by atoms with Gasteiger partial charge < -0.3 is 19.9 Å². The molecule has 1 aromatic rings. The highest BCUT2D eigenvalue weighted by Crippen LogP contribution is 2.23. The van der Waals surface area contributed by atoms with Crippen molar-refractivity contribution in [1.82, 2.24) is 9.97 Å². The molecule has 18 heavy (non-hydrogen) atoms. The number of hydrogen-bond donors (Lipinski definition) is 1. The lowest BCUT2D eigenvalue weighted by Gasteiger charge is -2.06. The zero-order chi connectivity index (χ0) is 13.4. The first-order valence-electron chi connectivity index (χ1n) is 5.11. The van der Waals surface area contributed by atoms with Crippen molar-refractivity contribution >= 4 is 11.6 Å². The van der Waals surface area contributed by atoms with Crippen LogP contribution < -0.4 is 10.5 Å². The predicted octanol–water partition coefficient (Wildman–Crippen LogP) is 0.00880. The zero-order valence-corrected chi connectivity index (χ0v) is 9.87. The van der Waals surface area contributed by atoms with Crippen molar-refractivity contribution in [3.63, 3.8) is 0 Å². The lowest BCUT2D eigenvalue weighted by molar-refractivity contribution is -0.386. The molecule has 0 unspecified atom stereocenters. The maximum Gasteiger partial charge on any atom is 0.349 e. The first-order valence-corrected chi connectivity index (χ1v) is 5.11. The lowest BCUT2D eigenvalue weighted by Crippen LogP contribution is -2.12. The van der Waals surface area contributed by atoms with Crippen molar-refractivity contribution in [3.05, 3.63) is 16.3 Å². The highest BCUT2D eigenvalue weighted by molar-refractivity contribution is 5.41. The number of anilines is 1. The van der Waals surface area contributed by atoms with Crippen LogP contribution in [0.1, 0.15) is 0 Å². The van der Waals surface area contributed by atoms with Crippen LogP contribution in [0.5, 0.6) is 5.88 Å². The summed E-state index contributed by atoms with van der Waals surface area (Å²) in [6, 6.07) is 0. The Morgan fingerprint density at radius 3 is 2.78 bits per heavy atom. The molecule has 0 fully saturated rings. The number of rotatable bonds is 8. The Bertz CT molecular complexity index is 401. The Hall–Kier alpha value is -2.00. The van der Waals surface area contributed by atoms with Gasteiger partial charge in [-0.05, 0) is 0 Å². The van der Waals surface area contributed by atoms with Crippen molar-refractivity contribution in [3.8, 4) is 5.88 Å². The Balaban J connectivity index is 2.45. The standard InChI is InChI=1S/C9H14N4O5/c1-16-2-3-17-4-5-18-8-7(13(14)15)6-11-9(10)12-8/h6H,2-5H2,1H3,(H2,10,11,12). The van der Waals surface area contributed by atoms with E-state index in [1.54, 1.807) is 7.11 Å². The molecule has 0 saturated heterocycles. The molecule has 0 aromatic carbocycles. The quantitative estimate of drug-likeness (QED) is 0.393. The Labute approximate surface area is 103 Å². The van der Waals surface area contributed by atoms with E-state index >= 15 is 0 Å². The molecule has 0 atom stereocenters. The van der Waals surface area contributed by atoms with E-state index in [0.29, 0.717) is 13.2 Å². The molecule has 0 spiro atoms. The molecule has 2 N–H and O–H groups in total. The van der Waals surface area contributed by atoms with Gasteiger partial charge >= 0.3 is 5.69 Å². The Kier molecular flexibility index (Phi) is 5.74. The van der Waals surface area contributed by atoms with Crippen LogP contribution in [-0.2, 0) is 9.47 Å². The number of nitrogens with zero attached hydrogens (tertiary/aromatic N) is 3. The fourth-order valence-electron chi connectivity index (χ4n) is 1.05. The minimum absolute atomic E-state index is 0.0871. The summed E-state index contributed by atoms with van der Waals surface area (Å²) >= 11 is 0. The molecule has 0 aliphatic carbocycles. The largest absolute Gasteiger partial charge is 0.470 e. The fraction of sp³-hybridized carbons (Fsp3) is 0.556. The number of nitro groups is 1. The minimum Gasteiger partial charge on any atom is -0.470 e. The van der Waals surface area contributed by atoms with Crippen molar-refractivity contribution in [2.24, 2.45) is 0 Å². The van der Waals surface area contributed by atoms with Gasteiger partial charge in [0.2, 0.25) is 5.95 Å². The van der Waals surface area contributed by atoms with Crippen molar-refractivity contribution in [1.29, 1.82) is 0 Å². The second-order valence-corrected chi connectivity index (χ2v) is 3.13. The summed E-state index contributed by atoms with van der Waals surface area (Å²) in [5, 5.41) is 10.7. The summed E-state index contributed by atoms with van der Waals surface area (Å²) in [6.45, 7) is 1.29. The van der Waals surface area contributed by atoms with Crippen molar-refractivity contribution in [2.75, 3.05) is 39.3 Å². The number of nitrogen functional groups attached to an aromatic ring is 1. The monoisotopic (exact) mass is 258 g/mol. The average Bonchev–Trinajstić information content (AvgIpc) is 2.33. The van der Waals surface area contributed by atoms with Crippen molar-refractivity contribution < 1.29 is 19.1 Å². The van der Waals surface area contributed by atoms with Crippen LogP contribution in [0.25, 0.3) is 0 Å². The van der Waals surface area contributed by atoms with Crippen LogP contribution >= 0.6 is 0 Å². The zero-order valence-electron chi connectivity index (χ0n) is 9.87. The van der Waals surface area contributed by atoms with Gasteiger partial charge in [-0.15, -0.1) is 0 Å². The van der Waals surface area contributed by atoms with E-state index in [1.807, 2.05) is 0 Å². The van der Waals surface area contributed by atoms with Gasteiger partial charge in [0.05, 0.1) is 24.7 Å². The van der Waals surface area contributed by atoms with Gasteiger partial charge in [0.25, 0.3) is 5.88 Å². The molecule has 0 radical (unpaired) electrons. The van der Waals surface area contributed by atoms with Crippen LogP contribution in [0.2, 0.25) is 0 Å². The number of ether oxygens (including phenoxy) is 3. The van der Waals surface area contributed by atoms with Gasteiger partial charge in [0, 0.05) is 7.11 Å². The molecular formula is C9H14N4O5. The maximum absolute atomic E-state index is 10.7. The molecule has 0 aliphatic rings. The number of methoxy groups -OCH3 is 1. The number of nitrogens with two attached hydrogens (primary N) is 1. The Morgan fingerprint density at radius 1 is 1.39 bits per heavy atom. The smallest absolute Gasteiger partial charge is 0.349 e. The lowest BCUT2D eigenvalue weighted by atomic mass is 10.5. The highest BCUT2D eigenvalue weighted by Gasteiger charge is 2.17. The summed E-state index contributed by atoms with van der Waals surface area (Å²) in [5.74, 6) is -0.251. The van der Waals surface area contributed by atoms with Crippen LogP contribution in [-0.4, -0.2) is 48.4 Å². The SMILES string of the molecule is COCCOCCOc1nc(N)ncc1[N+](=O)[O-]. The molecule has 0 amide bonds. The second kappa shape index (κ2) is 7.35.